The normalized spacial score (nSPS) is 23.7. The Morgan fingerprint density at radius 3 is 2.75 bits per heavy atom. The maximum absolute atomic E-state index is 5.60. The van der Waals surface area contributed by atoms with Crippen molar-refractivity contribution in [2.45, 2.75) is 18.4 Å². The second-order valence-corrected chi connectivity index (χ2v) is 5.40. The van der Waals surface area contributed by atoms with Crippen molar-refractivity contribution in [2.75, 3.05) is 30.3 Å². The van der Waals surface area contributed by atoms with E-state index >= 15 is 0 Å². The van der Waals surface area contributed by atoms with Gasteiger partial charge in [-0.3, -0.25) is 4.67 Å². The lowest BCUT2D eigenvalue weighted by Gasteiger charge is -2.40. The minimum atomic E-state index is 0.421. The van der Waals surface area contributed by atoms with Gasteiger partial charge in [0.2, 0.25) is 0 Å². The summed E-state index contributed by atoms with van der Waals surface area (Å²) in [4.78, 5) is 6.58. The molecule has 1 unspecified atom stereocenters. The van der Waals surface area contributed by atoms with E-state index in [1.54, 1.807) is 0 Å². The molecule has 1 spiro atoms. The third kappa shape index (κ3) is 1.66. The minimum Gasteiger partial charge on any atom is -0.384 e. The first-order chi connectivity index (χ1) is 7.70. The van der Waals surface area contributed by atoms with Crippen LogP contribution >= 0.6 is 9.39 Å². The summed E-state index contributed by atoms with van der Waals surface area (Å²) in [6, 6.07) is 3.94. The summed E-state index contributed by atoms with van der Waals surface area (Å²) in [5.74, 6) is 0.592. The van der Waals surface area contributed by atoms with Gasteiger partial charge >= 0.3 is 0 Å². The highest BCUT2D eigenvalue weighted by Crippen LogP contribution is 2.46. The first-order valence-corrected chi connectivity index (χ1v) is 6.20. The number of nitrogens with two attached hydrogens (primary N) is 1. The lowest BCUT2D eigenvalue weighted by atomic mass is 10.1. The van der Waals surface area contributed by atoms with Gasteiger partial charge in [-0.1, -0.05) is 9.39 Å². The topological polar surface area (TPSA) is 45.4 Å². The summed E-state index contributed by atoms with van der Waals surface area (Å²) in [6.07, 6.45) is 4.51. The van der Waals surface area contributed by atoms with Crippen LogP contribution in [0.25, 0.3) is 0 Å². The molecule has 0 radical (unpaired) electrons. The molecular formula is C11H17N4P. The largest absolute Gasteiger partial charge is 0.384 e. The Balaban J connectivity index is 1.79. The van der Waals surface area contributed by atoms with Crippen LogP contribution in [0.4, 0.5) is 11.5 Å². The standard InChI is InChI=1S/C11H17N4P/c12-10-2-1-9(7-13-10)14-5-6-15(16)11(8-14)3-4-11/h1-2,7H,3-6,8,16H2,(H2,12,13). The van der Waals surface area contributed by atoms with E-state index < -0.39 is 0 Å². The fourth-order valence-corrected chi connectivity index (χ4v) is 2.84. The Kier molecular flexibility index (Phi) is 2.30. The van der Waals surface area contributed by atoms with E-state index in [0.29, 0.717) is 11.4 Å². The molecule has 1 atom stereocenters. The fourth-order valence-electron chi connectivity index (χ4n) is 2.39. The van der Waals surface area contributed by atoms with Crippen molar-refractivity contribution in [3.8, 4) is 0 Å². The van der Waals surface area contributed by atoms with Crippen LogP contribution < -0.4 is 10.6 Å². The highest BCUT2D eigenvalue weighted by molar-refractivity contribution is 7.13. The summed E-state index contributed by atoms with van der Waals surface area (Å²) in [5.41, 5.74) is 7.22. The number of hydrogen-bond donors (Lipinski definition) is 1. The SMILES string of the molecule is Nc1ccc(N2CCN(P)C3(CC3)C2)cn1. The molecule has 4 nitrogen and oxygen atoms in total. The van der Waals surface area contributed by atoms with Gasteiger partial charge in [0.05, 0.1) is 11.9 Å². The molecule has 1 saturated carbocycles. The molecule has 1 aromatic heterocycles. The zero-order valence-electron chi connectivity index (χ0n) is 9.26. The van der Waals surface area contributed by atoms with E-state index in [1.807, 2.05) is 12.3 Å². The molecule has 1 aromatic rings. The molecule has 1 saturated heterocycles. The Morgan fingerprint density at radius 1 is 1.31 bits per heavy atom. The number of nitrogens with zero attached hydrogens (tertiary/aromatic N) is 3. The van der Waals surface area contributed by atoms with Crippen LogP contribution in [0.5, 0.6) is 0 Å². The monoisotopic (exact) mass is 236 g/mol. The van der Waals surface area contributed by atoms with Gasteiger partial charge in [0.1, 0.15) is 5.82 Å². The molecule has 0 bridgehead atoms. The molecule has 5 heteroatoms. The minimum absolute atomic E-state index is 0.421. The number of piperazine rings is 1. The zero-order valence-corrected chi connectivity index (χ0v) is 10.4. The second kappa shape index (κ2) is 3.57. The molecule has 2 aliphatic rings. The average molecular weight is 236 g/mol. The van der Waals surface area contributed by atoms with E-state index in [0.717, 1.165) is 19.6 Å². The van der Waals surface area contributed by atoms with Crippen molar-refractivity contribution < 1.29 is 0 Å². The first-order valence-electron chi connectivity index (χ1n) is 5.68. The highest BCUT2D eigenvalue weighted by atomic mass is 31.0. The van der Waals surface area contributed by atoms with Gasteiger partial charge in [0.15, 0.2) is 0 Å². The average Bonchev–Trinajstić information content (AvgIpc) is 3.05. The summed E-state index contributed by atoms with van der Waals surface area (Å²) in [5, 5.41) is 0. The molecule has 86 valence electrons. The van der Waals surface area contributed by atoms with E-state index in [-0.39, 0.29) is 0 Å². The molecule has 0 amide bonds. The quantitative estimate of drug-likeness (QED) is 0.742. The van der Waals surface area contributed by atoms with E-state index in [1.165, 1.54) is 18.5 Å². The van der Waals surface area contributed by atoms with Crippen LogP contribution in [0.3, 0.4) is 0 Å². The lowest BCUT2D eigenvalue weighted by Crippen LogP contribution is -2.50. The number of pyridine rings is 1. The van der Waals surface area contributed by atoms with Crippen LogP contribution in [0.15, 0.2) is 18.3 Å². The van der Waals surface area contributed by atoms with Gasteiger partial charge < -0.3 is 10.6 Å². The predicted molar refractivity (Wildman–Crippen MR) is 69.2 cm³/mol. The second-order valence-electron chi connectivity index (χ2n) is 4.78. The molecule has 1 aliphatic heterocycles. The van der Waals surface area contributed by atoms with Gasteiger partial charge in [0, 0.05) is 25.2 Å². The van der Waals surface area contributed by atoms with Crippen LogP contribution in [0, 0.1) is 0 Å². The zero-order chi connectivity index (χ0) is 11.2. The Hall–Kier alpha value is -0.860. The number of hydrogen-bond acceptors (Lipinski definition) is 4. The molecule has 2 heterocycles. The number of rotatable bonds is 1. The highest BCUT2D eigenvalue weighted by Gasteiger charge is 2.49. The Bertz CT molecular complexity index is 387. The molecule has 0 aromatic carbocycles. The number of aromatic nitrogens is 1. The van der Waals surface area contributed by atoms with Crippen molar-refractivity contribution >= 4 is 20.9 Å². The van der Waals surface area contributed by atoms with Crippen molar-refractivity contribution in [3.05, 3.63) is 18.3 Å². The summed E-state index contributed by atoms with van der Waals surface area (Å²) in [7, 11) is 2.87. The van der Waals surface area contributed by atoms with Crippen LogP contribution in [0.2, 0.25) is 0 Å². The number of nitrogen functional groups attached to an aromatic ring is 1. The summed E-state index contributed by atoms with van der Waals surface area (Å²) >= 11 is 0. The fraction of sp³-hybridized carbons (Fsp3) is 0.545. The maximum atomic E-state index is 5.60. The van der Waals surface area contributed by atoms with Gasteiger partial charge in [-0.15, -0.1) is 0 Å². The summed E-state index contributed by atoms with van der Waals surface area (Å²) < 4.78 is 2.42. The Labute approximate surface area is 98.1 Å². The maximum Gasteiger partial charge on any atom is 0.123 e. The molecule has 2 fully saturated rings. The predicted octanol–water partition coefficient (Wildman–Crippen LogP) is 1.11. The molecule has 3 rings (SSSR count). The lowest BCUT2D eigenvalue weighted by molar-refractivity contribution is 0.295. The smallest absolute Gasteiger partial charge is 0.123 e. The third-order valence-electron chi connectivity index (χ3n) is 3.67. The molecule has 2 N–H and O–H groups in total. The molecule has 16 heavy (non-hydrogen) atoms. The van der Waals surface area contributed by atoms with Crippen molar-refractivity contribution in [3.63, 3.8) is 0 Å². The third-order valence-corrected chi connectivity index (χ3v) is 4.47. The van der Waals surface area contributed by atoms with Gasteiger partial charge in [-0.05, 0) is 25.0 Å². The van der Waals surface area contributed by atoms with E-state index in [9.17, 15) is 0 Å². The van der Waals surface area contributed by atoms with Gasteiger partial charge in [0.25, 0.3) is 0 Å². The van der Waals surface area contributed by atoms with Crippen LogP contribution in [-0.4, -0.2) is 34.8 Å². The van der Waals surface area contributed by atoms with Gasteiger partial charge in [-0.2, -0.15) is 0 Å². The van der Waals surface area contributed by atoms with Crippen molar-refractivity contribution in [1.82, 2.24) is 9.65 Å². The first kappa shape index (κ1) is 10.3. The Morgan fingerprint density at radius 2 is 2.12 bits per heavy atom. The van der Waals surface area contributed by atoms with Crippen LogP contribution in [-0.2, 0) is 0 Å². The number of anilines is 2. The van der Waals surface area contributed by atoms with E-state index in [4.69, 9.17) is 5.73 Å². The van der Waals surface area contributed by atoms with E-state index in [2.05, 4.69) is 30.0 Å². The van der Waals surface area contributed by atoms with Crippen molar-refractivity contribution in [1.29, 1.82) is 0 Å². The molecular weight excluding hydrogens is 219 g/mol. The van der Waals surface area contributed by atoms with Crippen LogP contribution in [0.1, 0.15) is 12.8 Å². The van der Waals surface area contributed by atoms with Gasteiger partial charge in [-0.25, -0.2) is 4.98 Å². The molecule has 1 aliphatic carbocycles. The van der Waals surface area contributed by atoms with Crippen molar-refractivity contribution in [2.24, 2.45) is 0 Å². The summed E-state index contributed by atoms with van der Waals surface area (Å²) in [6.45, 7) is 3.29.